The molecule has 3 N–H and O–H groups in total. The van der Waals surface area contributed by atoms with E-state index in [4.69, 9.17) is 9.52 Å². The van der Waals surface area contributed by atoms with E-state index < -0.39 is 23.8 Å². The third kappa shape index (κ3) is 4.72. The number of nitrogens with one attached hydrogen (secondary N) is 2. The van der Waals surface area contributed by atoms with Crippen LogP contribution in [0, 0.1) is 12.8 Å². The molecule has 138 valence electrons. The number of furan rings is 1. The van der Waals surface area contributed by atoms with E-state index in [0.717, 1.165) is 5.56 Å². The maximum Gasteiger partial charge on any atom is 0.326 e. The molecule has 0 fully saturated rings. The number of amides is 2. The first kappa shape index (κ1) is 19.2. The van der Waals surface area contributed by atoms with E-state index in [1.54, 1.807) is 26.8 Å². The minimum atomic E-state index is -1.11. The maximum absolute atomic E-state index is 12.3. The molecule has 2 aromatic rings. The van der Waals surface area contributed by atoms with Crippen LogP contribution in [0.25, 0.3) is 11.3 Å². The summed E-state index contributed by atoms with van der Waals surface area (Å²) in [5.74, 6) is -1.41. The molecule has 0 unspecified atom stereocenters. The number of hydrogen-bond acceptors (Lipinski definition) is 4. The summed E-state index contributed by atoms with van der Waals surface area (Å²) in [4.78, 5) is 35.3. The van der Waals surface area contributed by atoms with Gasteiger partial charge in [-0.25, -0.2) is 4.79 Å². The van der Waals surface area contributed by atoms with Crippen LogP contribution in [-0.4, -0.2) is 35.5 Å². The van der Waals surface area contributed by atoms with Crippen LogP contribution < -0.4 is 10.6 Å². The van der Waals surface area contributed by atoms with Crippen LogP contribution in [0.2, 0.25) is 0 Å². The fourth-order valence-corrected chi connectivity index (χ4v) is 2.45. The van der Waals surface area contributed by atoms with Crippen LogP contribution in [0.5, 0.6) is 0 Å². The van der Waals surface area contributed by atoms with Gasteiger partial charge in [0.05, 0.1) is 12.1 Å². The molecular formula is C19H22N2O5. The van der Waals surface area contributed by atoms with Gasteiger partial charge in [0.25, 0.3) is 5.91 Å². The molecule has 0 saturated heterocycles. The predicted molar refractivity (Wildman–Crippen MR) is 95.6 cm³/mol. The number of hydrogen-bond donors (Lipinski definition) is 3. The van der Waals surface area contributed by atoms with Gasteiger partial charge in [0, 0.05) is 5.56 Å². The summed E-state index contributed by atoms with van der Waals surface area (Å²) < 4.78 is 5.62. The summed E-state index contributed by atoms with van der Waals surface area (Å²) in [6, 6.07) is 9.96. The molecule has 0 saturated carbocycles. The van der Waals surface area contributed by atoms with Gasteiger partial charge in [0.1, 0.15) is 17.6 Å². The zero-order valence-corrected chi connectivity index (χ0v) is 14.9. The monoisotopic (exact) mass is 358 g/mol. The molecular weight excluding hydrogens is 336 g/mol. The highest BCUT2D eigenvalue weighted by molar-refractivity contribution is 5.98. The fourth-order valence-electron chi connectivity index (χ4n) is 2.45. The van der Waals surface area contributed by atoms with Crippen LogP contribution in [0.15, 0.2) is 40.8 Å². The average Bonchev–Trinajstić information content (AvgIpc) is 2.99. The number of carbonyl (C=O) groups excluding carboxylic acids is 2. The van der Waals surface area contributed by atoms with Gasteiger partial charge in [-0.2, -0.15) is 0 Å². The van der Waals surface area contributed by atoms with Crippen molar-refractivity contribution in [3.05, 3.63) is 47.7 Å². The number of rotatable bonds is 7. The number of carboxylic acid groups (broad SMARTS) is 1. The molecule has 0 aliphatic heterocycles. The first-order chi connectivity index (χ1) is 12.3. The van der Waals surface area contributed by atoms with Crippen LogP contribution in [0.4, 0.5) is 0 Å². The standard InChI is InChI=1S/C19H22N2O5/c1-11(2)17(19(24)25)21-16(22)10-20-18(23)14-9-15(26-12(14)3)13-7-5-4-6-8-13/h4-9,11,17H,10H2,1-3H3,(H,20,23)(H,21,22)(H,24,25)/t17-/m1/s1. The van der Waals surface area contributed by atoms with Crippen molar-refractivity contribution in [2.45, 2.75) is 26.8 Å². The van der Waals surface area contributed by atoms with E-state index in [2.05, 4.69) is 10.6 Å². The number of carboxylic acids is 1. The van der Waals surface area contributed by atoms with Gasteiger partial charge in [-0.1, -0.05) is 44.2 Å². The molecule has 2 rings (SSSR count). The molecule has 0 aliphatic rings. The topological polar surface area (TPSA) is 109 Å². The van der Waals surface area contributed by atoms with Crippen LogP contribution in [-0.2, 0) is 9.59 Å². The van der Waals surface area contributed by atoms with Crippen molar-refractivity contribution in [2.75, 3.05) is 6.54 Å². The Morgan fingerprint density at radius 3 is 2.38 bits per heavy atom. The highest BCUT2D eigenvalue weighted by atomic mass is 16.4. The van der Waals surface area contributed by atoms with E-state index in [1.165, 1.54) is 0 Å². The summed E-state index contributed by atoms with van der Waals surface area (Å²) in [5, 5.41) is 14.0. The van der Waals surface area contributed by atoms with Gasteiger partial charge < -0.3 is 20.2 Å². The summed E-state index contributed by atoms with van der Waals surface area (Å²) in [6.07, 6.45) is 0. The highest BCUT2D eigenvalue weighted by Gasteiger charge is 2.24. The fraction of sp³-hybridized carbons (Fsp3) is 0.316. The van der Waals surface area contributed by atoms with Crippen LogP contribution >= 0.6 is 0 Å². The van der Waals surface area contributed by atoms with Crippen molar-refractivity contribution in [3.8, 4) is 11.3 Å². The molecule has 1 atom stereocenters. The normalized spacial score (nSPS) is 11.8. The summed E-state index contributed by atoms with van der Waals surface area (Å²) in [5.41, 5.74) is 1.17. The second-order valence-electron chi connectivity index (χ2n) is 6.26. The Bertz CT molecular complexity index is 796. The quantitative estimate of drug-likeness (QED) is 0.703. The number of benzene rings is 1. The Hall–Kier alpha value is -3.09. The molecule has 7 heteroatoms. The van der Waals surface area contributed by atoms with Crippen LogP contribution in [0.1, 0.15) is 30.0 Å². The second-order valence-corrected chi connectivity index (χ2v) is 6.26. The molecule has 26 heavy (non-hydrogen) atoms. The van der Waals surface area contributed by atoms with Crippen molar-refractivity contribution >= 4 is 17.8 Å². The molecule has 0 bridgehead atoms. The van der Waals surface area contributed by atoms with Gasteiger partial charge in [0.15, 0.2) is 0 Å². The lowest BCUT2D eigenvalue weighted by molar-refractivity contribution is -0.142. The zero-order valence-electron chi connectivity index (χ0n) is 14.9. The molecule has 0 spiro atoms. The van der Waals surface area contributed by atoms with Crippen molar-refractivity contribution < 1.29 is 23.9 Å². The van der Waals surface area contributed by atoms with Gasteiger partial charge in [-0.3, -0.25) is 9.59 Å². The molecule has 7 nitrogen and oxygen atoms in total. The number of carbonyl (C=O) groups is 3. The Labute approximate surface area is 151 Å². The van der Waals surface area contributed by atoms with Gasteiger partial charge in [0.2, 0.25) is 5.91 Å². The Morgan fingerprint density at radius 2 is 1.81 bits per heavy atom. The summed E-state index contributed by atoms with van der Waals surface area (Å²) >= 11 is 0. The van der Waals surface area contributed by atoms with E-state index in [1.807, 2.05) is 30.3 Å². The lowest BCUT2D eigenvalue weighted by Crippen LogP contribution is -2.48. The molecule has 2 amide bonds. The molecule has 1 heterocycles. The smallest absolute Gasteiger partial charge is 0.326 e. The summed E-state index contributed by atoms with van der Waals surface area (Å²) in [7, 11) is 0. The maximum atomic E-state index is 12.3. The third-order valence-electron chi connectivity index (χ3n) is 3.88. The largest absolute Gasteiger partial charge is 0.480 e. The van der Waals surface area contributed by atoms with E-state index in [0.29, 0.717) is 17.1 Å². The molecule has 0 radical (unpaired) electrons. The van der Waals surface area contributed by atoms with Gasteiger partial charge in [-0.05, 0) is 18.9 Å². The lowest BCUT2D eigenvalue weighted by Gasteiger charge is -2.17. The van der Waals surface area contributed by atoms with Crippen LogP contribution in [0.3, 0.4) is 0 Å². The first-order valence-corrected chi connectivity index (χ1v) is 8.25. The van der Waals surface area contributed by atoms with E-state index in [-0.39, 0.29) is 12.5 Å². The Kier molecular flexibility index (Phi) is 6.16. The van der Waals surface area contributed by atoms with E-state index >= 15 is 0 Å². The van der Waals surface area contributed by atoms with Crippen molar-refractivity contribution in [1.29, 1.82) is 0 Å². The van der Waals surface area contributed by atoms with Crippen molar-refractivity contribution in [3.63, 3.8) is 0 Å². The minimum absolute atomic E-state index is 0.267. The minimum Gasteiger partial charge on any atom is -0.480 e. The third-order valence-corrected chi connectivity index (χ3v) is 3.88. The molecule has 0 aliphatic carbocycles. The van der Waals surface area contributed by atoms with Crippen molar-refractivity contribution in [2.24, 2.45) is 5.92 Å². The molecule has 1 aromatic heterocycles. The predicted octanol–water partition coefficient (Wildman–Crippen LogP) is 2.21. The molecule has 1 aromatic carbocycles. The number of aryl methyl sites for hydroxylation is 1. The van der Waals surface area contributed by atoms with E-state index in [9.17, 15) is 14.4 Å². The first-order valence-electron chi connectivity index (χ1n) is 8.25. The summed E-state index contributed by atoms with van der Waals surface area (Å²) in [6.45, 7) is 4.73. The lowest BCUT2D eigenvalue weighted by atomic mass is 10.1. The van der Waals surface area contributed by atoms with Gasteiger partial charge >= 0.3 is 5.97 Å². The highest BCUT2D eigenvalue weighted by Crippen LogP contribution is 2.25. The van der Waals surface area contributed by atoms with Crippen molar-refractivity contribution in [1.82, 2.24) is 10.6 Å². The zero-order chi connectivity index (χ0) is 19.3. The average molecular weight is 358 g/mol. The SMILES string of the molecule is Cc1oc(-c2ccccc2)cc1C(=O)NCC(=O)N[C@@H](C(=O)O)C(C)C. The number of aliphatic carboxylic acids is 1. The van der Waals surface area contributed by atoms with Gasteiger partial charge in [-0.15, -0.1) is 0 Å². The Balaban J connectivity index is 1.99. The second kappa shape index (κ2) is 8.33. The Morgan fingerprint density at radius 1 is 1.15 bits per heavy atom.